The normalized spacial score (nSPS) is 10.3. The highest BCUT2D eigenvalue weighted by Gasteiger charge is 2.09. The minimum atomic E-state index is -0.533. The number of H-pyrrole nitrogens is 1. The van der Waals surface area contributed by atoms with Crippen LogP contribution in [0.1, 0.15) is 17.5 Å². The highest BCUT2D eigenvalue weighted by Crippen LogP contribution is 2.12. The molecule has 0 aliphatic carbocycles. The Morgan fingerprint density at radius 3 is 2.42 bits per heavy atom. The van der Waals surface area contributed by atoms with Crippen molar-refractivity contribution in [3.05, 3.63) is 111 Å². The summed E-state index contributed by atoms with van der Waals surface area (Å²) >= 11 is 0. The Labute approximate surface area is 178 Å². The van der Waals surface area contributed by atoms with Gasteiger partial charge >= 0.3 is 5.69 Å². The predicted molar refractivity (Wildman–Crippen MR) is 121 cm³/mol. The molecule has 4 rings (SSSR count). The van der Waals surface area contributed by atoms with Gasteiger partial charge < -0.3 is 5.32 Å². The molecular weight excluding hydrogens is 390 g/mol. The minimum Gasteiger partial charge on any atom is -0.326 e. The summed E-state index contributed by atoms with van der Waals surface area (Å²) < 4.78 is 1.40. The highest BCUT2D eigenvalue weighted by atomic mass is 16.2. The first-order valence-corrected chi connectivity index (χ1v) is 9.79. The van der Waals surface area contributed by atoms with E-state index in [1.54, 1.807) is 36.4 Å². The van der Waals surface area contributed by atoms with E-state index in [1.807, 2.05) is 42.5 Å². The maximum absolute atomic E-state index is 12.5. The smallest absolute Gasteiger partial charge is 0.326 e. The van der Waals surface area contributed by atoms with Gasteiger partial charge in [-0.25, -0.2) is 4.79 Å². The number of benzene rings is 3. The Balaban J connectivity index is 1.46. The summed E-state index contributed by atoms with van der Waals surface area (Å²) in [6.45, 7) is 0.148. The van der Waals surface area contributed by atoms with E-state index in [0.29, 0.717) is 16.6 Å². The van der Waals surface area contributed by atoms with Gasteiger partial charge in [-0.1, -0.05) is 48.2 Å². The number of aromatic amines is 1. The molecule has 4 aromatic rings. The summed E-state index contributed by atoms with van der Waals surface area (Å²) in [4.78, 5) is 38.9. The molecule has 0 unspecified atom stereocenters. The molecule has 6 heteroatoms. The molecule has 0 spiro atoms. The maximum Gasteiger partial charge on any atom is 0.328 e. The van der Waals surface area contributed by atoms with Gasteiger partial charge in [0, 0.05) is 29.8 Å². The summed E-state index contributed by atoms with van der Waals surface area (Å²) in [5, 5.41) is 3.25. The number of aryl methyl sites for hydroxylation is 1. The number of anilines is 1. The molecule has 31 heavy (non-hydrogen) atoms. The topological polar surface area (TPSA) is 84.0 Å². The van der Waals surface area contributed by atoms with Crippen LogP contribution in [0.25, 0.3) is 10.9 Å². The number of carbonyl (C=O) groups excluding carboxylic acids is 1. The summed E-state index contributed by atoms with van der Waals surface area (Å²) in [6.07, 6.45) is 0.0792. The van der Waals surface area contributed by atoms with E-state index in [0.717, 1.165) is 11.1 Å². The SMILES string of the molecule is O=C(CCn1c(=O)[nH]c(=O)c2ccccc21)Nc1cccc(C#Cc2ccccc2)c1. The molecule has 3 aromatic carbocycles. The molecule has 1 amide bonds. The molecule has 0 atom stereocenters. The van der Waals surface area contributed by atoms with Gasteiger partial charge in [-0.2, -0.15) is 0 Å². The summed E-state index contributed by atoms with van der Waals surface area (Å²) in [5.41, 5.74) is 1.86. The average molecular weight is 409 g/mol. The van der Waals surface area contributed by atoms with E-state index in [9.17, 15) is 14.4 Å². The van der Waals surface area contributed by atoms with E-state index in [-0.39, 0.29) is 18.9 Å². The van der Waals surface area contributed by atoms with Crippen molar-refractivity contribution in [1.29, 1.82) is 0 Å². The van der Waals surface area contributed by atoms with Crippen LogP contribution < -0.4 is 16.6 Å². The van der Waals surface area contributed by atoms with Gasteiger partial charge in [0.05, 0.1) is 10.9 Å². The average Bonchev–Trinajstić information content (AvgIpc) is 2.78. The molecule has 0 radical (unpaired) electrons. The van der Waals surface area contributed by atoms with Crippen LogP contribution in [0, 0.1) is 11.8 Å². The fraction of sp³-hybridized carbons (Fsp3) is 0.0800. The van der Waals surface area contributed by atoms with Crippen LogP contribution in [-0.4, -0.2) is 15.5 Å². The fourth-order valence-corrected chi connectivity index (χ4v) is 3.24. The quantitative estimate of drug-likeness (QED) is 0.508. The second-order valence-corrected chi connectivity index (χ2v) is 6.92. The van der Waals surface area contributed by atoms with Gasteiger partial charge in [0.2, 0.25) is 5.91 Å². The Bertz CT molecular complexity index is 1420. The zero-order valence-electron chi connectivity index (χ0n) is 16.6. The number of hydrogen-bond acceptors (Lipinski definition) is 3. The van der Waals surface area contributed by atoms with Gasteiger partial charge in [-0.05, 0) is 42.5 Å². The Hall–Kier alpha value is -4.37. The molecular formula is C25H19N3O3. The third-order valence-corrected chi connectivity index (χ3v) is 4.74. The van der Waals surface area contributed by atoms with Gasteiger partial charge in [-0.3, -0.25) is 19.1 Å². The van der Waals surface area contributed by atoms with Crippen LogP contribution in [0.4, 0.5) is 5.69 Å². The number of nitrogens with zero attached hydrogens (tertiary/aromatic N) is 1. The number of fused-ring (bicyclic) bond motifs is 1. The largest absolute Gasteiger partial charge is 0.328 e. The number of carbonyl (C=O) groups is 1. The van der Waals surface area contributed by atoms with Crippen molar-refractivity contribution in [3.8, 4) is 11.8 Å². The molecule has 1 heterocycles. The zero-order valence-corrected chi connectivity index (χ0v) is 16.6. The second-order valence-electron chi connectivity index (χ2n) is 6.92. The third-order valence-electron chi connectivity index (χ3n) is 4.74. The third kappa shape index (κ3) is 4.80. The van der Waals surface area contributed by atoms with Gasteiger partial charge in [0.1, 0.15) is 0 Å². The Morgan fingerprint density at radius 1 is 0.871 bits per heavy atom. The van der Waals surface area contributed by atoms with Gasteiger partial charge in [0.25, 0.3) is 5.56 Å². The van der Waals surface area contributed by atoms with Crippen LogP contribution >= 0.6 is 0 Å². The summed E-state index contributed by atoms with van der Waals surface area (Å²) in [5.74, 6) is 5.93. The van der Waals surface area contributed by atoms with Gasteiger partial charge in [-0.15, -0.1) is 0 Å². The summed E-state index contributed by atoms with van der Waals surface area (Å²) in [6, 6.07) is 23.8. The molecule has 2 N–H and O–H groups in total. The van der Waals surface area contributed by atoms with Gasteiger partial charge in [0.15, 0.2) is 0 Å². The molecule has 0 saturated carbocycles. The van der Waals surface area contributed by atoms with Crippen molar-refractivity contribution in [1.82, 2.24) is 9.55 Å². The minimum absolute atomic E-state index is 0.0792. The van der Waals surface area contributed by atoms with Crippen LogP contribution in [0.15, 0.2) is 88.5 Å². The molecule has 152 valence electrons. The van der Waals surface area contributed by atoms with E-state index < -0.39 is 11.2 Å². The predicted octanol–water partition coefficient (Wildman–Crippen LogP) is 3.12. The number of nitrogens with one attached hydrogen (secondary N) is 2. The highest BCUT2D eigenvalue weighted by molar-refractivity contribution is 5.91. The Kier molecular flexibility index (Phi) is 5.77. The van der Waals surface area contributed by atoms with Crippen molar-refractivity contribution in [2.75, 3.05) is 5.32 Å². The van der Waals surface area contributed by atoms with Crippen LogP contribution in [0.5, 0.6) is 0 Å². The zero-order chi connectivity index (χ0) is 21.6. The van der Waals surface area contributed by atoms with Crippen molar-refractivity contribution in [3.63, 3.8) is 0 Å². The molecule has 1 aromatic heterocycles. The summed E-state index contributed by atoms with van der Waals surface area (Å²) in [7, 11) is 0. The van der Waals surface area contributed by atoms with Crippen molar-refractivity contribution < 1.29 is 4.79 Å². The first-order chi connectivity index (χ1) is 15.1. The first-order valence-electron chi connectivity index (χ1n) is 9.79. The van der Waals surface area contributed by atoms with Crippen LogP contribution in [0.2, 0.25) is 0 Å². The number of para-hydroxylation sites is 1. The maximum atomic E-state index is 12.5. The van der Waals surface area contributed by atoms with E-state index in [4.69, 9.17) is 0 Å². The lowest BCUT2D eigenvalue weighted by Gasteiger charge is -2.10. The molecule has 0 aliphatic heterocycles. The number of hydrogen-bond donors (Lipinski definition) is 2. The van der Waals surface area contributed by atoms with Crippen molar-refractivity contribution in [2.24, 2.45) is 0 Å². The lowest BCUT2D eigenvalue weighted by molar-refractivity contribution is -0.116. The fourth-order valence-electron chi connectivity index (χ4n) is 3.24. The second kappa shape index (κ2) is 8.97. The molecule has 0 aliphatic rings. The first kappa shape index (κ1) is 19.9. The lowest BCUT2D eigenvalue weighted by atomic mass is 10.1. The number of aromatic nitrogens is 2. The number of rotatable bonds is 4. The molecule has 0 fully saturated rings. The van der Waals surface area contributed by atoms with Crippen LogP contribution in [-0.2, 0) is 11.3 Å². The van der Waals surface area contributed by atoms with E-state index in [1.165, 1.54) is 4.57 Å². The van der Waals surface area contributed by atoms with E-state index in [2.05, 4.69) is 22.1 Å². The molecule has 0 saturated heterocycles. The van der Waals surface area contributed by atoms with Crippen LogP contribution in [0.3, 0.4) is 0 Å². The van der Waals surface area contributed by atoms with E-state index >= 15 is 0 Å². The molecule has 0 bridgehead atoms. The molecule has 6 nitrogen and oxygen atoms in total. The Morgan fingerprint density at radius 2 is 1.58 bits per heavy atom. The number of amides is 1. The monoisotopic (exact) mass is 409 g/mol. The van der Waals surface area contributed by atoms with Crippen molar-refractivity contribution in [2.45, 2.75) is 13.0 Å². The van der Waals surface area contributed by atoms with Crippen molar-refractivity contribution >= 4 is 22.5 Å². The standard InChI is InChI=1S/C25H19N3O3/c29-23(15-16-28-22-12-5-4-11-21(22)24(30)27-25(28)31)26-20-10-6-9-19(17-20)14-13-18-7-2-1-3-8-18/h1-12,17H,15-16H2,(H,26,29)(H,27,30,31). The lowest BCUT2D eigenvalue weighted by Crippen LogP contribution is -2.31.